The molecule has 1 aliphatic heterocycles. The van der Waals surface area contributed by atoms with E-state index in [1.165, 1.54) is 0 Å². The van der Waals surface area contributed by atoms with Gasteiger partial charge < -0.3 is 19.3 Å². The largest absolute Gasteiger partial charge is 0.481 e. The van der Waals surface area contributed by atoms with Crippen LogP contribution in [-0.4, -0.2) is 59.6 Å². The van der Waals surface area contributed by atoms with Crippen LogP contribution in [0, 0.1) is 0 Å². The van der Waals surface area contributed by atoms with E-state index in [0.717, 1.165) is 18.2 Å². The quantitative estimate of drug-likeness (QED) is 0.393. The zero-order valence-corrected chi connectivity index (χ0v) is 15.1. The second kappa shape index (κ2) is 8.43. The lowest BCUT2D eigenvalue weighted by molar-refractivity contribution is -0.365. The van der Waals surface area contributed by atoms with Crippen molar-refractivity contribution in [2.45, 2.75) is 36.9 Å². The molecule has 0 spiro atoms. The van der Waals surface area contributed by atoms with Crippen molar-refractivity contribution in [3.63, 3.8) is 0 Å². The van der Waals surface area contributed by atoms with Gasteiger partial charge in [-0.2, -0.15) is 26.3 Å². The van der Waals surface area contributed by atoms with Gasteiger partial charge in [-0.1, -0.05) is 12.1 Å². The van der Waals surface area contributed by atoms with Gasteiger partial charge >= 0.3 is 41.8 Å². The van der Waals surface area contributed by atoms with Crippen molar-refractivity contribution in [1.29, 1.82) is 0 Å². The molecule has 1 aromatic carbocycles. The predicted molar refractivity (Wildman–Crippen MR) is 83.7 cm³/mol. The third-order valence-corrected chi connectivity index (χ3v) is 4.09. The number of esters is 3. The number of carbonyl (C=O) groups is 4. The summed E-state index contributed by atoms with van der Waals surface area (Å²) in [5, 5.41) is 8.58. The molecule has 0 bridgehead atoms. The summed E-state index contributed by atoms with van der Waals surface area (Å²) in [6.07, 6.45) is -16.8. The molecule has 1 aliphatic rings. The molecule has 31 heavy (non-hydrogen) atoms. The molecular weight excluding hydrogens is 446 g/mol. The molecule has 0 aromatic heterocycles. The van der Waals surface area contributed by atoms with Gasteiger partial charge in [0.15, 0.2) is 0 Å². The molecular formula is C17H12F6O8. The van der Waals surface area contributed by atoms with E-state index in [9.17, 15) is 45.5 Å². The molecule has 14 heteroatoms. The average molecular weight is 458 g/mol. The van der Waals surface area contributed by atoms with Gasteiger partial charge in [0.1, 0.15) is 6.42 Å². The maximum atomic E-state index is 13.3. The lowest BCUT2D eigenvalue weighted by atomic mass is 9.97. The van der Waals surface area contributed by atoms with Crippen LogP contribution < -0.4 is 0 Å². The molecule has 1 aromatic rings. The van der Waals surface area contributed by atoms with Crippen LogP contribution in [0.5, 0.6) is 0 Å². The zero-order chi connectivity index (χ0) is 23.6. The van der Waals surface area contributed by atoms with Crippen LogP contribution in [0.4, 0.5) is 26.3 Å². The molecule has 1 atom stereocenters. The van der Waals surface area contributed by atoms with Crippen LogP contribution in [0.3, 0.4) is 0 Å². The maximum absolute atomic E-state index is 13.3. The first-order valence-electron chi connectivity index (χ1n) is 8.25. The van der Waals surface area contributed by atoms with E-state index in [2.05, 4.69) is 9.47 Å². The van der Waals surface area contributed by atoms with Gasteiger partial charge in [-0.05, 0) is 12.1 Å². The Hall–Kier alpha value is -3.32. The summed E-state index contributed by atoms with van der Waals surface area (Å²) in [5.41, 5.74) is -7.25. The summed E-state index contributed by atoms with van der Waals surface area (Å²) >= 11 is 0. The number of aliphatic carboxylic acids is 1. The molecule has 1 fully saturated rings. The fourth-order valence-electron chi connectivity index (χ4n) is 2.56. The van der Waals surface area contributed by atoms with Crippen LogP contribution in [0.25, 0.3) is 0 Å². The van der Waals surface area contributed by atoms with Crippen molar-refractivity contribution < 1.29 is 64.8 Å². The van der Waals surface area contributed by atoms with Crippen molar-refractivity contribution in [2.75, 3.05) is 6.61 Å². The minimum atomic E-state index is -6.36. The predicted octanol–water partition coefficient (Wildman–Crippen LogP) is 2.65. The Labute approximate surface area is 168 Å². The maximum Gasteiger partial charge on any atom is 0.438 e. The third kappa shape index (κ3) is 4.88. The first kappa shape index (κ1) is 24.0. The number of ether oxygens (including phenoxy) is 3. The molecule has 0 amide bonds. The third-order valence-electron chi connectivity index (χ3n) is 4.09. The van der Waals surface area contributed by atoms with Gasteiger partial charge in [-0.25, -0.2) is 14.4 Å². The van der Waals surface area contributed by atoms with Crippen LogP contribution >= 0.6 is 0 Å². The van der Waals surface area contributed by atoms with Gasteiger partial charge in [0.05, 0.1) is 17.7 Å². The van der Waals surface area contributed by atoms with Crippen LogP contribution in [0.2, 0.25) is 0 Å². The Kier molecular flexibility index (Phi) is 6.52. The van der Waals surface area contributed by atoms with Gasteiger partial charge in [0.2, 0.25) is 6.10 Å². The van der Waals surface area contributed by atoms with Crippen molar-refractivity contribution in [3.8, 4) is 0 Å². The lowest BCUT2D eigenvalue weighted by Crippen LogP contribution is -2.60. The Bertz CT molecular complexity index is 877. The molecule has 8 nitrogen and oxygen atoms in total. The first-order valence-corrected chi connectivity index (χ1v) is 8.25. The molecule has 1 unspecified atom stereocenters. The normalized spacial score (nSPS) is 17.1. The van der Waals surface area contributed by atoms with Crippen LogP contribution in [-0.2, 0) is 23.8 Å². The highest BCUT2D eigenvalue weighted by molar-refractivity contribution is 6.04. The van der Waals surface area contributed by atoms with E-state index in [1.54, 1.807) is 0 Å². The smallest absolute Gasteiger partial charge is 0.438 e. The number of benzene rings is 1. The minimum absolute atomic E-state index is 0.0545. The lowest BCUT2D eigenvalue weighted by Gasteiger charge is -2.35. The van der Waals surface area contributed by atoms with Crippen molar-refractivity contribution in [1.82, 2.24) is 0 Å². The molecule has 1 saturated heterocycles. The minimum Gasteiger partial charge on any atom is -0.481 e. The van der Waals surface area contributed by atoms with E-state index in [0.29, 0.717) is 6.07 Å². The number of alkyl halides is 6. The SMILES string of the molecule is O=C(O)CC(OC(=O)c1ccccc1C(=O)OC1CCOC1=O)(C(F)(F)F)C(F)(F)F. The number of rotatable bonds is 6. The number of carboxylic acid groups (broad SMARTS) is 1. The number of carboxylic acids is 1. The Balaban J connectivity index is 2.42. The second-order valence-electron chi connectivity index (χ2n) is 6.18. The van der Waals surface area contributed by atoms with Crippen LogP contribution in [0.1, 0.15) is 33.6 Å². The molecule has 1 heterocycles. The van der Waals surface area contributed by atoms with Crippen LogP contribution in [0.15, 0.2) is 24.3 Å². The molecule has 0 saturated carbocycles. The summed E-state index contributed by atoms with van der Waals surface area (Å²) in [6, 6.07) is 3.61. The summed E-state index contributed by atoms with van der Waals surface area (Å²) < 4.78 is 92.7. The molecule has 0 radical (unpaired) electrons. The van der Waals surface area contributed by atoms with Crippen molar-refractivity contribution in [2.24, 2.45) is 0 Å². The number of hydrogen-bond acceptors (Lipinski definition) is 7. The van der Waals surface area contributed by atoms with E-state index < -0.39 is 65.5 Å². The van der Waals surface area contributed by atoms with E-state index in [1.807, 2.05) is 0 Å². The molecule has 170 valence electrons. The van der Waals surface area contributed by atoms with Gasteiger partial charge in [-0.3, -0.25) is 4.79 Å². The Morgan fingerprint density at radius 2 is 1.52 bits per heavy atom. The first-order chi connectivity index (χ1) is 14.2. The number of hydrogen-bond donors (Lipinski definition) is 1. The number of halogens is 6. The fourth-order valence-corrected chi connectivity index (χ4v) is 2.56. The van der Waals surface area contributed by atoms with Crippen molar-refractivity contribution >= 4 is 23.9 Å². The van der Waals surface area contributed by atoms with E-state index in [4.69, 9.17) is 9.84 Å². The van der Waals surface area contributed by atoms with Gasteiger partial charge in [0, 0.05) is 6.42 Å². The van der Waals surface area contributed by atoms with E-state index >= 15 is 0 Å². The summed E-state index contributed by atoms with van der Waals surface area (Å²) in [7, 11) is 0. The number of cyclic esters (lactones) is 1. The summed E-state index contributed by atoms with van der Waals surface area (Å²) in [5.74, 6) is -7.17. The monoisotopic (exact) mass is 458 g/mol. The van der Waals surface area contributed by atoms with Gasteiger partial charge in [-0.15, -0.1) is 0 Å². The second-order valence-corrected chi connectivity index (χ2v) is 6.18. The number of carbonyl (C=O) groups excluding carboxylic acids is 3. The zero-order valence-electron chi connectivity index (χ0n) is 15.1. The standard InChI is InChI=1S/C17H12F6O8/c18-16(19,20)15(7-11(24)25,17(21,22)23)31-13(27)9-4-2-1-3-8(9)12(26)30-10-5-6-29-14(10)28/h1-4,10H,5-7H2,(H,24,25). The Morgan fingerprint density at radius 3 is 1.94 bits per heavy atom. The highest BCUT2D eigenvalue weighted by Gasteiger charge is 2.75. The topological polar surface area (TPSA) is 116 Å². The Morgan fingerprint density at radius 1 is 1.00 bits per heavy atom. The van der Waals surface area contributed by atoms with Gasteiger partial charge in [0.25, 0.3) is 0 Å². The van der Waals surface area contributed by atoms with E-state index in [-0.39, 0.29) is 13.0 Å². The van der Waals surface area contributed by atoms with Crippen molar-refractivity contribution in [3.05, 3.63) is 35.4 Å². The summed E-state index contributed by atoms with van der Waals surface area (Å²) in [6.45, 7) is -0.0880. The molecule has 2 rings (SSSR count). The molecule has 1 N–H and O–H groups in total. The highest BCUT2D eigenvalue weighted by Crippen LogP contribution is 2.48. The average Bonchev–Trinajstić information content (AvgIpc) is 3.03. The highest BCUT2D eigenvalue weighted by atomic mass is 19.4. The summed E-state index contributed by atoms with van der Waals surface area (Å²) in [4.78, 5) is 46.6. The molecule has 0 aliphatic carbocycles. The fraction of sp³-hybridized carbons (Fsp3) is 0.412.